The molecule has 0 saturated carbocycles. The van der Waals surface area contributed by atoms with Crippen molar-refractivity contribution in [2.45, 2.75) is 9.92 Å². The summed E-state index contributed by atoms with van der Waals surface area (Å²) in [4.78, 5) is 12.6. The Bertz CT molecular complexity index is 595. The highest BCUT2D eigenvalue weighted by atomic mass is 35.5. The third-order valence-corrected chi connectivity index (χ3v) is 3.30. The van der Waals surface area contributed by atoms with E-state index in [0.29, 0.717) is 10.0 Å². The molecule has 0 atom stereocenters. The average Bonchev–Trinajstić information content (AvgIpc) is 2.35. The highest BCUT2D eigenvalue weighted by Crippen LogP contribution is 2.33. The first kappa shape index (κ1) is 11.6. The van der Waals surface area contributed by atoms with Gasteiger partial charge in [0.2, 0.25) is 0 Å². The summed E-state index contributed by atoms with van der Waals surface area (Å²) in [5, 5.41) is 9.67. The standard InChI is InChI=1S/C10H6ClN5S/c11-9-7(1-2-15-10(9)13)17-8-5-14-4-6(3-12)16-8/h1-2,4-5H,(H2,13,15). The molecule has 0 aliphatic carbocycles. The van der Waals surface area contributed by atoms with Crippen molar-refractivity contribution in [2.24, 2.45) is 0 Å². The number of anilines is 1. The molecular formula is C10H6ClN5S. The van der Waals surface area contributed by atoms with E-state index in [2.05, 4.69) is 15.0 Å². The monoisotopic (exact) mass is 263 g/mol. The number of rotatable bonds is 2. The van der Waals surface area contributed by atoms with Crippen molar-refractivity contribution in [1.82, 2.24) is 15.0 Å². The van der Waals surface area contributed by atoms with Crippen molar-refractivity contribution in [3.63, 3.8) is 0 Å². The molecule has 0 fully saturated rings. The molecule has 0 saturated heterocycles. The van der Waals surface area contributed by atoms with Crippen LogP contribution in [0.5, 0.6) is 0 Å². The van der Waals surface area contributed by atoms with Gasteiger partial charge in [-0.1, -0.05) is 23.4 Å². The predicted octanol–water partition coefficient (Wildman–Crippen LogP) is 2.13. The maximum absolute atomic E-state index is 8.71. The van der Waals surface area contributed by atoms with Crippen LogP contribution in [0.25, 0.3) is 0 Å². The van der Waals surface area contributed by atoms with Crippen LogP contribution in [-0.2, 0) is 0 Å². The fourth-order valence-corrected chi connectivity index (χ4v) is 2.12. The van der Waals surface area contributed by atoms with E-state index in [9.17, 15) is 0 Å². The third kappa shape index (κ3) is 2.64. The van der Waals surface area contributed by atoms with Gasteiger partial charge in [0.1, 0.15) is 16.9 Å². The van der Waals surface area contributed by atoms with E-state index in [0.717, 1.165) is 4.90 Å². The van der Waals surface area contributed by atoms with Gasteiger partial charge < -0.3 is 5.73 Å². The maximum Gasteiger partial charge on any atom is 0.160 e. The summed E-state index contributed by atoms with van der Waals surface area (Å²) in [7, 11) is 0. The Labute approximate surface area is 107 Å². The van der Waals surface area contributed by atoms with Crippen LogP contribution in [0.3, 0.4) is 0 Å². The van der Waals surface area contributed by atoms with E-state index in [1.54, 1.807) is 18.5 Å². The number of halogens is 1. The maximum atomic E-state index is 8.71. The van der Waals surface area contributed by atoms with Gasteiger partial charge in [0.25, 0.3) is 0 Å². The van der Waals surface area contributed by atoms with Crippen molar-refractivity contribution in [3.05, 3.63) is 35.4 Å². The SMILES string of the molecule is N#Cc1cncc(Sc2ccnc(N)c2Cl)n1. The fraction of sp³-hybridized carbons (Fsp3) is 0. The van der Waals surface area contributed by atoms with Gasteiger partial charge in [-0.2, -0.15) is 5.26 Å². The minimum atomic E-state index is 0.258. The van der Waals surface area contributed by atoms with Crippen LogP contribution in [-0.4, -0.2) is 15.0 Å². The molecular weight excluding hydrogens is 258 g/mol. The molecule has 0 aliphatic rings. The van der Waals surface area contributed by atoms with Gasteiger partial charge in [-0.25, -0.2) is 9.97 Å². The normalized spacial score (nSPS) is 9.88. The Hall–Kier alpha value is -1.84. The molecule has 2 aromatic rings. The molecule has 0 bridgehead atoms. The zero-order chi connectivity index (χ0) is 12.3. The van der Waals surface area contributed by atoms with E-state index in [4.69, 9.17) is 22.6 Å². The molecule has 0 radical (unpaired) electrons. The topological polar surface area (TPSA) is 88.5 Å². The van der Waals surface area contributed by atoms with Crippen molar-refractivity contribution >= 4 is 29.2 Å². The van der Waals surface area contributed by atoms with Crippen molar-refractivity contribution in [3.8, 4) is 6.07 Å². The van der Waals surface area contributed by atoms with E-state index in [-0.39, 0.29) is 11.5 Å². The average molecular weight is 264 g/mol. The summed E-state index contributed by atoms with van der Waals surface area (Å²) < 4.78 is 0. The number of nitrogen functional groups attached to an aromatic ring is 1. The Kier molecular flexibility index (Phi) is 3.42. The van der Waals surface area contributed by atoms with Crippen molar-refractivity contribution in [2.75, 3.05) is 5.73 Å². The number of pyridine rings is 1. The zero-order valence-corrected chi connectivity index (χ0v) is 10.0. The fourth-order valence-electron chi connectivity index (χ4n) is 1.08. The number of hydrogen-bond acceptors (Lipinski definition) is 6. The van der Waals surface area contributed by atoms with Crippen molar-refractivity contribution < 1.29 is 0 Å². The molecule has 17 heavy (non-hydrogen) atoms. The van der Waals surface area contributed by atoms with Crippen LogP contribution in [0.15, 0.2) is 34.6 Å². The van der Waals surface area contributed by atoms with Gasteiger partial charge in [0.15, 0.2) is 5.69 Å². The van der Waals surface area contributed by atoms with Crippen LogP contribution >= 0.6 is 23.4 Å². The summed E-state index contributed by atoms with van der Waals surface area (Å²) in [5.74, 6) is 0.265. The molecule has 5 nitrogen and oxygen atoms in total. The minimum absolute atomic E-state index is 0.258. The van der Waals surface area contributed by atoms with Gasteiger partial charge in [0, 0.05) is 11.1 Å². The van der Waals surface area contributed by atoms with Crippen LogP contribution < -0.4 is 5.73 Å². The van der Waals surface area contributed by atoms with Gasteiger partial charge in [-0.3, -0.25) is 4.98 Å². The molecule has 0 spiro atoms. The second kappa shape index (κ2) is 4.99. The van der Waals surface area contributed by atoms with E-state index < -0.39 is 0 Å². The van der Waals surface area contributed by atoms with Gasteiger partial charge in [0.05, 0.1) is 17.4 Å². The molecule has 2 N–H and O–H groups in total. The molecule has 0 amide bonds. The molecule has 0 unspecified atom stereocenters. The van der Waals surface area contributed by atoms with Crippen molar-refractivity contribution in [1.29, 1.82) is 5.26 Å². The van der Waals surface area contributed by atoms with Gasteiger partial charge in [-0.15, -0.1) is 0 Å². The molecule has 0 aliphatic heterocycles. The lowest BCUT2D eigenvalue weighted by Gasteiger charge is -2.04. The Balaban J connectivity index is 2.32. The first-order chi connectivity index (χ1) is 8.20. The summed E-state index contributed by atoms with van der Waals surface area (Å²) in [6.45, 7) is 0. The number of nitriles is 1. The first-order valence-corrected chi connectivity index (χ1v) is 5.70. The Morgan fingerprint density at radius 2 is 2.24 bits per heavy atom. The van der Waals surface area contributed by atoms with Crippen LogP contribution in [0, 0.1) is 11.3 Å². The molecule has 84 valence electrons. The molecule has 7 heteroatoms. The Morgan fingerprint density at radius 1 is 1.41 bits per heavy atom. The minimum Gasteiger partial charge on any atom is -0.382 e. The third-order valence-electron chi connectivity index (χ3n) is 1.82. The van der Waals surface area contributed by atoms with Crippen LogP contribution in [0.2, 0.25) is 5.02 Å². The molecule has 2 heterocycles. The molecule has 2 aromatic heterocycles. The van der Waals surface area contributed by atoms with Gasteiger partial charge >= 0.3 is 0 Å². The number of nitrogens with zero attached hydrogens (tertiary/aromatic N) is 4. The largest absolute Gasteiger partial charge is 0.382 e. The summed E-state index contributed by atoms with van der Waals surface area (Å²) in [5.41, 5.74) is 5.84. The number of nitrogens with two attached hydrogens (primary N) is 1. The highest BCUT2D eigenvalue weighted by molar-refractivity contribution is 7.99. The quantitative estimate of drug-likeness (QED) is 0.893. The Morgan fingerprint density at radius 3 is 3.00 bits per heavy atom. The summed E-state index contributed by atoms with van der Waals surface area (Å²) >= 11 is 7.28. The predicted molar refractivity (Wildman–Crippen MR) is 64.5 cm³/mol. The van der Waals surface area contributed by atoms with Gasteiger partial charge in [-0.05, 0) is 6.07 Å². The molecule has 2 rings (SSSR count). The number of aromatic nitrogens is 3. The lowest BCUT2D eigenvalue weighted by atomic mass is 10.5. The lowest BCUT2D eigenvalue weighted by Crippen LogP contribution is -1.92. The van der Waals surface area contributed by atoms with E-state index in [1.165, 1.54) is 18.0 Å². The second-order valence-corrected chi connectivity index (χ2v) is 4.40. The zero-order valence-electron chi connectivity index (χ0n) is 8.46. The summed E-state index contributed by atoms with van der Waals surface area (Å²) in [6, 6.07) is 3.65. The highest BCUT2D eigenvalue weighted by Gasteiger charge is 2.08. The lowest BCUT2D eigenvalue weighted by molar-refractivity contribution is 1.03. The summed E-state index contributed by atoms with van der Waals surface area (Å²) in [6.07, 6.45) is 4.51. The second-order valence-electron chi connectivity index (χ2n) is 2.96. The smallest absolute Gasteiger partial charge is 0.160 e. The first-order valence-electron chi connectivity index (χ1n) is 4.50. The van der Waals surface area contributed by atoms with E-state index >= 15 is 0 Å². The number of hydrogen-bond donors (Lipinski definition) is 1. The molecule has 0 aromatic carbocycles. The van der Waals surface area contributed by atoms with Crippen LogP contribution in [0.1, 0.15) is 5.69 Å². The van der Waals surface area contributed by atoms with Crippen LogP contribution in [0.4, 0.5) is 5.82 Å². The van der Waals surface area contributed by atoms with E-state index in [1.807, 2.05) is 6.07 Å².